The predicted molar refractivity (Wildman–Crippen MR) is 46.6 cm³/mol. The van der Waals surface area contributed by atoms with Crippen LogP contribution in [-0.4, -0.2) is 9.55 Å². The molecule has 1 heterocycles. The summed E-state index contributed by atoms with van der Waals surface area (Å²) in [5.74, 6) is 0. The molecule has 0 saturated heterocycles. The Labute approximate surface area is 73.2 Å². The van der Waals surface area contributed by atoms with Crippen LogP contribution in [0.25, 0.3) is 0 Å². The molecule has 1 rings (SSSR count). The molecule has 4 heteroatoms. The van der Waals surface area contributed by atoms with Crippen LogP contribution in [0, 0.1) is 6.92 Å². The number of rotatable bonds is 1. The van der Waals surface area contributed by atoms with Crippen molar-refractivity contribution >= 4 is 15.9 Å². The van der Waals surface area contributed by atoms with Crippen molar-refractivity contribution in [3.05, 3.63) is 26.8 Å². The Hall–Kier alpha value is -0.640. The van der Waals surface area contributed by atoms with E-state index in [1.54, 1.807) is 17.8 Å². The third-order valence-corrected chi connectivity index (χ3v) is 2.41. The normalized spacial score (nSPS) is 10.1. The third kappa shape index (κ3) is 1.50. The molecular formula is C7H9BrN2O. The molecule has 0 aliphatic heterocycles. The SMILES string of the molecule is CCn1cnc(C)c(Br)c1=O. The molecule has 0 fully saturated rings. The summed E-state index contributed by atoms with van der Waals surface area (Å²) < 4.78 is 2.11. The fourth-order valence-electron chi connectivity index (χ4n) is 0.771. The smallest absolute Gasteiger partial charge is 0.267 e. The molecule has 1 aromatic heterocycles. The zero-order chi connectivity index (χ0) is 8.43. The van der Waals surface area contributed by atoms with E-state index >= 15 is 0 Å². The van der Waals surface area contributed by atoms with Gasteiger partial charge < -0.3 is 0 Å². The highest BCUT2D eigenvalue weighted by atomic mass is 79.9. The Morgan fingerprint density at radius 1 is 1.73 bits per heavy atom. The summed E-state index contributed by atoms with van der Waals surface area (Å²) in [6, 6.07) is 0. The first-order valence-electron chi connectivity index (χ1n) is 3.38. The van der Waals surface area contributed by atoms with Gasteiger partial charge in [0.05, 0.1) is 12.0 Å². The van der Waals surface area contributed by atoms with Crippen molar-refractivity contribution in [1.82, 2.24) is 9.55 Å². The predicted octanol–water partition coefficient (Wildman–Crippen LogP) is 1.33. The van der Waals surface area contributed by atoms with Crippen LogP contribution in [-0.2, 0) is 6.54 Å². The molecule has 0 amide bonds. The molecule has 0 radical (unpaired) electrons. The van der Waals surface area contributed by atoms with Crippen molar-refractivity contribution < 1.29 is 0 Å². The fourth-order valence-corrected chi connectivity index (χ4v) is 1.10. The highest BCUT2D eigenvalue weighted by Gasteiger charge is 2.02. The van der Waals surface area contributed by atoms with Crippen LogP contribution in [0.3, 0.4) is 0 Å². The van der Waals surface area contributed by atoms with Gasteiger partial charge >= 0.3 is 0 Å². The maximum atomic E-state index is 11.3. The first-order chi connectivity index (χ1) is 5.16. The quantitative estimate of drug-likeness (QED) is 0.711. The highest BCUT2D eigenvalue weighted by Crippen LogP contribution is 2.05. The molecule has 0 aromatic carbocycles. The molecule has 60 valence electrons. The van der Waals surface area contributed by atoms with Gasteiger partial charge in [-0.15, -0.1) is 0 Å². The summed E-state index contributed by atoms with van der Waals surface area (Å²) in [7, 11) is 0. The monoisotopic (exact) mass is 216 g/mol. The molecule has 0 saturated carbocycles. The average Bonchev–Trinajstić information content (AvgIpc) is 2.01. The summed E-state index contributed by atoms with van der Waals surface area (Å²) >= 11 is 3.17. The van der Waals surface area contributed by atoms with Crippen LogP contribution in [0.1, 0.15) is 12.6 Å². The number of halogens is 1. The third-order valence-electron chi connectivity index (χ3n) is 1.50. The fraction of sp³-hybridized carbons (Fsp3) is 0.429. The minimum Gasteiger partial charge on any atom is -0.299 e. The van der Waals surface area contributed by atoms with E-state index in [4.69, 9.17) is 0 Å². The van der Waals surface area contributed by atoms with Gasteiger partial charge in [0, 0.05) is 6.54 Å². The first-order valence-corrected chi connectivity index (χ1v) is 4.17. The van der Waals surface area contributed by atoms with Gasteiger partial charge in [-0.05, 0) is 29.8 Å². The van der Waals surface area contributed by atoms with E-state index in [2.05, 4.69) is 20.9 Å². The Kier molecular flexibility index (Phi) is 2.44. The summed E-state index contributed by atoms with van der Waals surface area (Å²) in [4.78, 5) is 15.3. The number of nitrogens with zero attached hydrogens (tertiary/aromatic N) is 2. The molecule has 1 aromatic rings. The van der Waals surface area contributed by atoms with Gasteiger partial charge in [-0.25, -0.2) is 4.98 Å². The molecule has 0 atom stereocenters. The summed E-state index contributed by atoms with van der Waals surface area (Å²) in [5.41, 5.74) is 0.722. The maximum Gasteiger partial charge on any atom is 0.267 e. The van der Waals surface area contributed by atoms with Crippen LogP contribution in [0.4, 0.5) is 0 Å². The standard InChI is InChI=1S/C7H9BrN2O/c1-3-10-4-9-5(2)6(8)7(10)11/h4H,3H2,1-2H3. The van der Waals surface area contributed by atoms with E-state index < -0.39 is 0 Å². The lowest BCUT2D eigenvalue weighted by molar-refractivity contribution is 0.697. The van der Waals surface area contributed by atoms with Gasteiger partial charge in [0.15, 0.2) is 0 Å². The molecule has 0 N–H and O–H groups in total. The van der Waals surface area contributed by atoms with E-state index in [0.717, 1.165) is 5.69 Å². The Balaban J connectivity index is 3.37. The van der Waals surface area contributed by atoms with Crippen LogP contribution in [0.2, 0.25) is 0 Å². The second-order valence-electron chi connectivity index (χ2n) is 2.24. The van der Waals surface area contributed by atoms with Gasteiger partial charge in [-0.2, -0.15) is 0 Å². The van der Waals surface area contributed by atoms with Crippen molar-refractivity contribution in [2.45, 2.75) is 20.4 Å². The lowest BCUT2D eigenvalue weighted by Crippen LogP contribution is -2.20. The zero-order valence-corrected chi connectivity index (χ0v) is 8.05. The molecular weight excluding hydrogens is 208 g/mol. The van der Waals surface area contributed by atoms with E-state index in [-0.39, 0.29) is 5.56 Å². The van der Waals surface area contributed by atoms with Gasteiger partial charge in [-0.1, -0.05) is 0 Å². The highest BCUT2D eigenvalue weighted by molar-refractivity contribution is 9.10. The van der Waals surface area contributed by atoms with Crippen molar-refractivity contribution in [1.29, 1.82) is 0 Å². The lowest BCUT2D eigenvalue weighted by atomic mass is 10.4. The minimum absolute atomic E-state index is 0.0139. The van der Waals surface area contributed by atoms with E-state index in [9.17, 15) is 4.79 Å². The van der Waals surface area contributed by atoms with Crippen molar-refractivity contribution in [3.63, 3.8) is 0 Å². The van der Waals surface area contributed by atoms with Crippen molar-refractivity contribution in [2.75, 3.05) is 0 Å². The maximum absolute atomic E-state index is 11.3. The summed E-state index contributed by atoms with van der Waals surface area (Å²) in [6.07, 6.45) is 1.56. The average molecular weight is 217 g/mol. The second-order valence-corrected chi connectivity index (χ2v) is 3.03. The first kappa shape index (κ1) is 8.46. The largest absolute Gasteiger partial charge is 0.299 e. The van der Waals surface area contributed by atoms with Crippen molar-refractivity contribution in [3.8, 4) is 0 Å². The second kappa shape index (κ2) is 3.17. The summed E-state index contributed by atoms with van der Waals surface area (Å²) in [5, 5.41) is 0. The number of aryl methyl sites for hydroxylation is 2. The summed E-state index contributed by atoms with van der Waals surface area (Å²) in [6.45, 7) is 4.36. The zero-order valence-electron chi connectivity index (χ0n) is 6.47. The molecule has 0 aliphatic carbocycles. The van der Waals surface area contributed by atoms with E-state index in [1.807, 2.05) is 6.92 Å². The molecule has 11 heavy (non-hydrogen) atoms. The Bertz CT molecular complexity index is 319. The van der Waals surface area contributed by atoms with E-state index in [1.165, 1.54) is 0 Å². The van der Waals surface area contributed by atoms with Crippen LogP contribution >= 0.6 is 15.9 Å². The molecule has 0 unspecified atom stereocenters. The van der Waals surface area contributed by atoms with Gasteiger partial charge in [0.25, 0.3) is 5.56 Å². The number of hydrogen-bond donors (Lipinski definition) is 0. The topological polar surface area (TPSA) is 34.9 Å². The Morgan fingerprint density at radius 2 is 2.36 bits per heavy atom. The van der Waals surface area contributed by atoms with Crippen LogP contribution in [0.5, 0.6) is 0 Å². The van der Waals surface area contributed by atoms with Crippen LogP contribution in [0.15, 0.2) is 15.6 Å². The van der Waals surface area contributed by atoms with Crippen molar-refractivity contribution in [2.24, 2.45) is 0 Å². The van der Waals surface area contributed by atoms with E-state index in [0.29, 0.717) is 11.0 Å². The van der Waals surface area contributed by atoms with Gasteiger partial charge in [0.2, 0.25) is 0 Å². The molecule has 0 bridgehead atoms. The molecule has 3 nitrogen and oxygen atoms in total. The van der Waals surface area contributed by atoms with Gasteiger partial charge in [-0.3, -0.25) is 9.36 Å². The van der Waals surface area contributed by atoms with Gasteiger partial charge in [0.1, 0.15) is 4.47 Å². The molecule has 0 aliphatic rings. The van der Waals surface area contributed by atoms with Crippen LogP contribution < -0.4 is 5.56 Å². The minimum atomic E-state index is -0.0139. The Morgan fingerprint density at radius 3 is 2.91 bits per heavy atom. The lowest BCUT2D eigenvalue weighted by Gasteiger charge is -2.01. The number of aromatic nitrogens is 2. The number of hydrogen-bond acceptors (Lipinski definition) is 2. The molecule has 0 spiro atoms.